The number of hydrogen-bond acceptors (Lipinski definition) is 5. The fourth-order valence-corrected chi connectivity index (χ4v) is 4.19. The summed E-state index contributed by atoms with van der Waals surface area (Å²) in [5.74, 6) is -0.214. The molecule has 0 saturated carbocycles. The summed E-state index contributed by atoms with van der Waals surface area (Å²) in [6.45, 7) is 7.36. The van der Waals surface area contributed by atoms with Crippen molar-refractivity contribution < 1.29 is 4.79 Å². The van der Waals surface area contributed by atoms with Gasteiger partial charge in [-0.1, -0.05) is 47.5 Å². The smallest absolute Gasteiger partial charge is 0.350 e. The van der Waals surface area contributed by atoms with Crippen molar-refractivity contribution in [2.75, 3.05) is 19.6 Å². The van der Waals surface area contributed by atoms with Crippen molar-refractivity contribution in [3.05, 3.63) is 91.8 Å². The van der Waals surface area contributed by atoms with Crippen LogP contribution in [-0.4, -0.2) is 44.8 Å². The number of likely N-dealkylation sites (tertiary alicyclic amines) is 1. The van der Waals surface area contributed by atoms with Crippen LogP contribution in [0.1, 0.15) is 40.0 Å². The highest BCUT2D eigenvalue weighted by molar-refractivity contribution is 5.91. The third kappa shape index (κ3) is 5.34. The summed E-state index contributed by atoms with van der Waals surface area (Å²) in [5.41, 5.74) is 2.54. The lowest BCUT2D eigenvalue weighted by atomic mass is 9.96. The maximum atomic E-state index is 12.8. The number of amides is 1. The lowest BCUT2D eigenvalue weighted by Crippen LogP contribution is -2.45. The van der Waals surface area contributed by atoms with E-state index in [1.165, 1.54) is 18.2 Å². The van der Waals surface area contributed by atoms with Gasteiger partial charge in [-0.15, -0.1) is 0 Å². The minimum atomic E-state index is -0.696. The molecule has 0 atom stereocenters. The molecule has 1 aliphatic rings. The van der Waals surface area contributed by atoms with E-state index in [1.807, 2.05) is 19.1 Å². The third-order valence-corrected chi connectivity index (χ3v) is 6.45. The maximum absolute atomic E-state index is 12.8. The zero-order valence-corrected chi connectivity index (χ0v) is 20.0. The molecular formula is C26H31N5O3. The first-order valence-corrected chi connectivity index (χ1v) is 11.7. The molecule has 1 aromatic heterocycles. The van der Waals surface area contributed by atoms with Crippen LogP contribution >= 0.6 is 0 Å². The van der Waals surface area contributed by atoms with Crippen molar-refractivity contribution in [1.29, 1.82) is 0 Å². The average molecular weight is 462 g/mol. The highest BCUT2D eigenvalue weighted by Gasteiger charge is 2.22. The molecule has 178 valence electrons. The van der Waals surface area contributed by atoms with Gasteiger partial charge in [0.2, 0.25) is 5.69 Å². The quantitative estimate of drug-likeness (QED) is 0.608. The van der Waals surface area contributed by atoms with E-state index in [0.717, 1.165) is 47.3 Å². The minimum absolute atomic E-state index is 0.278. The van der Waals surface area contributed by atoms with Gasteiger partial charge in [-0.2, -0.15) is 9.78 Å². The zero-order valence-electron chi connectivity index (χ0n) is 20.0. The first-order chi connectivity index (χ1) is 16.3. The third-order valence-electron chi connectivity index (χ3n) is 6.45. The van der Waals surface area contributed by atoms with Crippen LogP contribution in [0.3, 0.4) is 0 Å². The summed E-state index contributed by atoms with van der Waals surface area (Å²) >= 11 is 0. The van der Waals surface area contributed by atoms with E-state index in [0.29, 0.717) is 18.2 Å². The van der Waals surface area contributed by atoms with Crippen LogP contribution in [0, 0.1) is 19.8 Å². The van der Waals surface area contributed by atoms with Crippen molar-refractivity contribution in [2.24, 2.45) is 13.0 Å². The molecule has 2 heterocycles. The topological polar surface area (TPSA) is 89.2 Å². The van der Waals surface area contributed by atoms with Gasteiger partial charge in [-0.25, -0.2) is 4.79 Å². The number of rotatable bonds is 6. The van der Waals surface area contributed by atoms with E-state index in [2.05, 4.69) is 46.5 Å². The van der Waals surface area contributed by atoms with Gasteiger partial charge < -0.3 is 5.32 Å². The van der Waals surface area contributed by atoms with E-state index in [4.69, 9.17) is 0 Å². The lowest BCUT2D eigenvalue weighted by Gasteiger charge is -2.32. The number of piperidine rings is 1. The predicted octanol–water partition coefficient (Wildman–Crippen LogP) is 2.19. The molecule has 1 aliphatic heterocycles. The molecule has 8 heteroatoms. The van der Waals surface area contributed by atoms with E-state index in [1.54, 1.807) is 12.1 Å². The highest BCUT2D eigenvalue weighted by Crippen LogP contribution is 2.18. The largest absolute Gasteiger partial charge is 0.351 e. The normalized spacial score (nSPS) is 14.8. The summed E-state index contributed by atoms with van der Waals surface area (Å²) in [5, 5.41) is 6.98. The molecule has 0 spiro atoms. The molecule has 1 fully saturated rings. The van der Waals surface area contributed by atoms with Crippen LogP contribution in [0.4, 0.5) is 0 Å². The molecule has 2 aromatic carbocycles. The zero-order chi connectivity index (χ0) is 24.2. The number of nitrogens with one attached hydrogen (secondary N) is 1. The van der Waals surface area contributed by atoms with Crippen LogP contribution in [-0.2, 0) is 13.6 Å². The van der Waals surface area contributed by atoms with Gasteiger partial charge in [-0.05, 0) is 63.4 Å². The first-order valence-electron chi connectivity index (χ1n) is 11.7. The van der Waals surface area contributed by atoms with Gasteiger partial charge in [0.1, 0.15) is 0 Å². The molecule has 0 radical (unpaired) electrons. The second-order valence-electron chi connectivity index (χ2n) is 9.16. The molecule has 34 heavy (non-hydrogen) atoms. The predicted molar refractivity (Wildman–Crippen MR) is 131 cm³/mol. The van der Waals surface area contributed by atoms with Crippen molar-refractivity contribution in [3.8, 4) is 5.69 Å². The van der Waals surface area contributed by atoms with Gasteiger partial charge in [0.25, 0.3) is 11.5 Å². The monoisotopic (exact) mass is 461 g/mol. The Morgan fingerprint density at radius 1 is 0.971 bits per heavy atom. The Morgan fingerprint density at radius 2 is 1.56 bits per heavy atom. The summed E-state index contributed by atoms with van der Waals surface area (Å²) in [7, 11) is 1.36. The molecular weight excluding hydrogens is 430 g/mol. The summed E-state index contributed by atoms with van der Waals surface area (Å²) in [4.78, 5) is 40.4. The molecule has 3 aromatic rings. The Labute approximate surface area is 198 Å². The Bertz CT molecular complexity index is 1270. The van der Waals surface area contributed by atoms with Gasteiger partial charge in [0.05, 0.1) is 5.69 Å². The Kier molecular flexibility index (Phi) is 7.07. The van der Waals surface area contributed by atoms with Crippen LogP contribution in [0.25, 0.3) is 5.69 Å². The molecule has 0 unspecified atom stereocenters. The highest BCUT2D eigenvalue weighted by atomic mass is 16.2. The Hall–Kier alpha value is -3.52. The molecule has 4 rings (SSSR count). The number of nitrogens with zero attached hydrogens (tertiary/aromatic N) is 4. The van der Waals surface area contributed by atoms with Gasteiger partial charge >= 0.3 is 5.69 Å². The molecule has 0 aliphatic carbocycles. The van der Waals surface area contributed by atoms with E-state index in [-0.39, 0.29) is 5.69 Å². The van der Waals surface area contributed by atoms with Gasteiger partial charge in [-0.3, -0.25) is 19.1 Å². The van der Waals surface area contributed by atoms with Gasteiger partial charge in [0.15, 0.2) is 0 Å². The van der Waals surface area contributed by atoms with Crippen LogP contribution in [0.2, 0.25) is 0 Å². The first kappa shape index (κ1) is 23.6. The molecule has 8 nitrogen and oxygen atoms in total. The van der Waals surface area contributed by atoms with E-state index < -0.39 is 17.2 Å². The van der Waals surface area contributed by atoms with Crippen LogP contribution < -0.4 is 16.6 Å². The van der Waals surface area contributed by atoms with Crippen molar-refractivity contribution in [2.45, 2.75) is 33.2 Å². The van der Waals surface area contributed by atoms with Crippen LogP contribution in [0.15, 0.2) is 58.1 Å². The fourth-order valence-electron chi connectivity index (χ4n) is 4.19. The molecule has 0 bridgehead atoms. The van der Waals surface area contributed by atoms with Gasteiger partial charge in [0, 0.05) is 20.1 Å². The SMILES string of the molecule is Cc1ccc(CN2CCC(CNC(=O)c3nn(-c4ccc(C)cc4)c(=O)n(C)c3=O)CC2)cc1. The van der Waals surface area contributed by atoms with Crippen molar-refractivity contribution >= 4 is 5.91 Å². The summed E-state index contributed by atoms with van der Waals surface area (Å²) in [6.07, 6.45) is 1.95. The second-order valence-corrected chi connectivity index (χ2v) is 9.16. The number of hydrogen-bond donors (Lipinski definition) is 1. The molecule has 1 amide bonds. The number of aryl methyl sites for hydroxylation is 2. The van der Waals surface area contributed by atoms with Crippen LogP contribution in [0.5, 0.6) is 0 Å². The standard InChI is InChI=1S/C26H31N5O3/c1-18-4-8-21(9-5-18)17-30-14-12-20(13-15-30)16-27-24(32)23-25(33)29(3)26(34)31(28-23)22-10-6-19(2)7-11-22/h4-11,20H,12-17H2,1-3H3,(H,27,32). The summed E-state index contributed by atoms with van der Waals surface area (Å²) < 4.78 is 2.02. The fraction of sp³-hybridized carbons (Fsp3) is 0.385. The average Bonchev–Trinajstić information content (AvgIpc) is 2.84. The van der Waals surface area contributed by atoms with E-state index in [9.17, 15) is 14.4 Å². The maximum Gasteiger partial charge on any atom is 0.351 e. The number of benzene rings is 2. The molecule has 1 saturated heterocycles. The van der Waals surface area contributed by atoms with Crippen molar-refractivity contribution in [1.82, 2.24) is 24.6 Å². The Morgan fingerprint density at radius 3 is 2.18 bits per heavy atom. The van der Waals surface area contributed by atoms with Crippen molar-refractivity contribution in [3.63, 3.8) is 0 Å². The number of aromatic nitrogens is 3. The summed E-state index contributed by atoms with van der Waals surface area (Å²) in [6, 6.07) is 15.8. The van der Waals surface area contributed by atoms with E-state index >= 15 is 0 Å². The lowest BCUT2D eigenvalue weighted by molar-refractivity contribution is 0.0925. The second kappa shape index (κ2) is 10.2. The number of carbonyl (C=O) groups excluding carboxylic acids is 1. The molecule has 1 N–H and O–H groups in total. The minimum Gasteiger partial charge on any atom is -0.350 e. The number of carbonyl (C=O) groups is 1. The Balaban J connectivity index is 1.38.